The van der Waals surface area contributed by atoms with Crippen LogP contribution < -0.4 is 0 Å². The van der Waals surface area contributed by atoms with Gasteiger partial charge in [-0.1, -0.05) is 23.4 Å². The average molecular weight is 283 g/mol. The SMILES string of the molecule is N#Cc1cc(Cl)nc(Sc2ccc(F)cc2F)c1. The Morgan fingerprint density at radius 1 is 1.22 bits per heavy atom. The number of aromatic nitrogens is 1. The summed E-state index contributed by atoms with van der Waals surface area (Å²) in [6.45, 7) is 0. The molecule has 0 saturated heterocycles. The molecule has 2 rings (SSSR count). The summed E-state index contributed by atoms with van der Waals surface area (Å²) in [6.07, 6.45) is 0. The first-order valence-electron chi connectivity index (χ1n) is 4.79. The van der Waals surface area contributed by atoms with Crippen LogP contribution in [0.5, 0.6) is 0 Å². The molecule has 0 aliphatic heterocycles. The van der Waals surface area contributed by atoms with E-state index in [1.54, 1.807) is 0 Å². The molecule has 0 unspecified atom stereocenters. The molecule has 1 aromatic carbocycles. The topological polar surface area (TPSA) is 36.7 Å². The second kappa shape index (κ2) is 5.34. The highest BCUT2D eigenvalue weighted by molar-refractivity contribution is 7.99. The summed E-state index contributed by atoms with van der Waals surface area (Å²) >= 11 is 6.71. The first kappa shape index (κ1) is 12.8. The highest BCUT2D eigenvalue weighted by Gasteiger charge is 2.08. The van der Waals surface area contributed by atoms with Crippen molar-refractivity contribution >= 4 is 23.4 Å². The zero-order valence-electron chi connectivity index (χ0n) is 8.82. The fraction of sp³-hybridized carbons (Fsp3) is 0. The number of nitriles is 1. The van der Waals surface area contributed by atoms with E-state index in [0.29, 0.717) is 10.6 Å². The summed E-state index contributed by atoms with van der Waals surface area (Å²) in [5.41, 5.74) is 0.333. The lowest BCUT2D eigenvalue weighted by atomic mass is 10.3. The second-order valence-electron chi connectivity index (χ2n) is 3.31. The van der Waals surface area contributed by atoms with Gasteiger partial charge in [-0.05, 0) is 24.3 Å². The predicted molar refractivity (Wildman–Crippen MR) is 64.4 cm³/mol. The van der Waals surface area contributed by atoms with Crippen LogP contribution in [0.25, 0.3) is 0 Å². The monoisotopic (exact) mass is 282 g/mol. The number of halogens is 3. The molecule has 2 nitrogen and oxygen atoms in total. The minimum absolute atomic E-state index is 0.152. The summed E-state index contributed by atoms with van der Waals surface area (Å²) in [5, 5.41) is 9.31. The van der Waals surface area contributed by atoms with Crippen LogP contribution in [-0.2, 0) is 0 Å². The van der Waals surface area contributed by atoms with Crippen molar-refractivity contribution in [3.8, 4) is 6.07 Å². The summed E-state index contributed by atoms with van der Waals surface area (Å²) in [7, 11) is 0. The van der Waals surface area contributed by atoms with Crippen molar-refractivity contribution in [2.45, 2.75) is 9.92 Å². The van der Waals surface area contributed by atoms with E-state index < -0.39 is 11.6 Å². The van der Waals surface area contributed by atoms with Gasteiger partial charge in [-0.25, -0.2) is 13.8 Å². The summed E-state index contributed by atoms with van der Waals surface area (Å²) in [5.74, 6) is -1.33. The maximum atomic E-state index is 13.4. The molecule has 0 bridgehead atoms. The van der Waals surface area contributed by atoms with E-state index in [4.69, 9.17) is 16.9 Å². The van der Waals surface area contributed by atoms with Gasteiger partial charge in [0, 0.05) is 11.0 Å². The Kier molecular flexibility index (Phi) is 3.80. The smallest absolute Gasteiger partial charge is 0.140 e. The Morgan fingerprint density at radius 2 is 2.00 bits per heavy atom. The molecule has 0 atom stereocenters. The molecule has 0 spiro atoms. The van der Waals surface area contributed by atoms with Gasteiger partial charge in [0.1, 0.15) is 21.8 Å². The Balaban J connectivity index is 2.34. The minimum Gasteiger partial charge on any atom is -0.229 e. The quantitative estimate of drug-likeness (QED) is 0.780. The minimum atomic E-state index is -0.680. The van der Waals surface area contributed by atoms with Gasteiger partial charge in [0.05, 0.1) is 11.6 Å². The molecule has 2 aromatic rings. The first-order valence-corrected chi connectivity index (χ1v) is 5.98. The molecule has 0 aliphatic rings. The van der Waals surface area contributed by atoms with Crippen molar-refractivity contribution in [3.63, 3.8) is 0 Å². The molecule has 0 amide bonds. The van der Waals surface area contributed by atoms with Crippen LogP contribution >= 0.6 is 23.4 Å². The van der Waals surface area contributed by atoms with Crippen LogP contribution in [0.15, 0.2) is 40.3 Å². The fourth-order valence-corrected chi connectivity index (χ4v) is 2.37. The van der Waals surface area contributed by atoms with Crippen LogP contribution in [0.3, 0.4) is 0 Å². The molecule has 0 saturated carbocycles. The average Bonchev–Trinajstić information content (AvgIpc) is 2.32. The van der Waals surface area contributed by atoms with Crippen molar-refractivity contribution < 1.29 is 8.78 Å². The largest absolute Gasteiger partial charge is 0.229 e. The van der Waals surface area contributed by atoms with E-state index >= 15 is 0 Å². The maximum absolute atomic E-state index is 13.4. The number of hydrogen-bond donors (Lipinski definition) is 0. The van der Waals surface area contributed by atoms with Gasteiger partial charge in [0.25, 0.3) is 0 Å². The summed E-state index contributed by atoms with van der Waals surface area (Å²) in [4.78, 5) is 4.18. The highest BCUT2D eigenvalue weighted by atomic mass is 35.5. The Labute approximate surface area is 111 Å². The lowest BCUT2D eigenvalue weighted by Crippen LogP contribution is -1.87. The number of benzene rings is 1. The number of nitrogens with zero attached hydrogens (tertiary/aromatic N) is 2. The van der Waals surface area contributed by atoms with Gasteiger partial charge < -0.3 is 0 Å². The predicted octanol–water partition coefficient (Wildman–Crippen LogP) is 4.04. The maximum Gasteiger partial charge on any atom is 0.140 e. The molecular weight excluding hydrogens is 278 g/mol. The lowest BCUT2D eigenvalue weighted by molar-refractivity contribution is 0.565. The van der Waals surface area contributed by atoms with Gasteiger partial charge in [0.2, 0.25) is 0 Å². The standard InChI is InChI=1S/C12H5ClF2N2S/c13-11-3-7(6-16)4-12(17-11)18-10-2-1-8(14)5-9(10)15/h1-5H. The van der Waals surface area contributed by atoms with Gasteiger partial charge >= 0.3 is 0 Å². The third-order valence-electron chi connectivity index (χ3n) is 2.01. The van der Waals surface area contributed by atoms with Crippen LogP contribution in [0.1, 0.15) is 5.56 Å². The van der Waals surface area contributed by atoms with Crippen molar-refractivity contribution in [1.82, 2.24) is 4.98 Å². The van der Waals surface area contributed by atoms with E-state index in [1.165, 1.54) is 18.2 Å². The first-order chi connectivity index (χ1) is 8.58. The van der Waals surface area contributed by atoms with Crippen LogP contribution in [-0.4, -0.2) is 4.98 Å². The molecule has 0 fully saturated rings. The van der Waals surface area contributed by atoms with Gasteiger partial charge in [-0.3, -0.25) is 0 Å². The van der Waals surface area contributed by atoms with Crippen molar-refractivity contribution in [2.24, 2.45) is 0 Å². The summed E-state index contributed by atoms with van der Waals surface area (Å²) in [6, 6.07) is 8.07. The third kappa shape index (κ3) is 2.97. The van der Waals surface area contributed by atoms with E-state index in [1.807, 2.05) is 6.07 Å². The zero-order valence-corrected chi connectivity index (χ0v) is 10.4. The fourth-order valence-electron chi connectivity index (χ4n) is 1.26. The summed E-state index contributed by atoms with van der Waals surface area (Å²) < 4.78 is 26.2. The number of rotatable bonds is 2. The highest BCUT2D eigenvalue weighted by Crippen LogP contribution is 2.30. The van der Waals surface area contributed by atoms with E-state index in [2.05, 4.69) is 4.98 Å². The molecule has 1 heterocycles. The molecule has 90 valence electrons. The Morgan fingerprint density at radius 3 is 2.67 bits per heavy atom. The van der Waals surface area contributed by atoms with Crippen molar-refractivity contribution in [2.75, 3.05) is 0 Å². The molecule has 0 radical (unpaired) electrons. The molecule has 6 heteroatoms. The third-order valence-corrected chi connectivity index (χ3v) is 3.17. The van der Waals surface area contributed by atoms with Gasteiger partial charge in [0.15, 0.2) is 0 Å². The van der Waals surface area contributed by atoms with Crippen molar-refractivity contribution in [1.29, 1.82) is 5.26 Å². The normalized spacial score (nSPS) is 10.1. The van der Waals surface area contributed by atoms with Gasteiger partial charge in [-0.15, -0.1) is 0 Å². The zero-order chi connectivity index (χ0) is 13.1. The van der Waals surface area contributed by atoms with Gasteiger partial charge in [-0.2, -0.15) is 5.26 Å². The van der Waals surface area contributed by atoms with Crippen LogP contribution in [0.2, 0.25) is 5.15 Å². The second-order valence-corrected chi connectivity index (χ2v) is 4.75. The van der Waals surface area contributed by atoms with E-state index in [-0.39, 0.29) is 10.0 Å². The Hall–Kier alpha value is -1.64. The van der Waals surface area contributed by atoms with E-state index in [9.17, 15) is 8.78 Å². The molecule has 0 aliphatic carbocycles. The van der Waals surface area contributed by atoms with Crippen LogP contribution in [0.4, 0.5) is 8.78 Å². The molecule has 1 aromatic heterocycles. The van der Waals surface area contributed by atoms with Crippen molar-refractivity contribution in [3.05, 3.63) is 52.7 Å². The molecule has 18 heavy (non-hydrogen) atoms. The number of pyridine rings is 1. The van der Waals surface area contributed by atoms with Crippen LogP contribution in [0, 0.1) is 23.0 Å². The molecule has 0 N–H and O–H groups in total. The molecular formula is C12H5ClF2N2S. The number of hydrogen-bond acceptors (Lipinski definition) is 3. The Bertz CT molecular complexity index is 640. The lowest BCUT2D eigenvalue weighted by Gasteiger charge is -2.03. The van der Waals surface area contributed by atoms with E-state index in [0.717, 1.165) is 23.9 Å².